The van der Waals surface area contributed by atoms with E-state index in [9.17, 15) is 15.0 Å². The number of hydrogen-bond acceptors (Lipinski definition) is 5. The maximum absolute atomic E-state index is 11.7. The Bertz CT molecular complexity index is 528. The van der Waals surface area contributed by atoms with Gasteiger partial charge in [-0.2, -0.15) is 0 Å². The number of aliphatic hydroxyl groups excluding tert-OH is 1. The maximum atomic E-state index is 11.7. The lowest BCUT2D eigenvalue weighted by Crippen LogP contribution is -2.15. The van der Waals surface area contributed by atoms with Gasteiger partial charge < -0.3 is 14.9 Å². The molecule has 0 heterocycles. The first kappa shape index (κ1) is 14.8. The number of aromatic hydroxyl groups is 1. The Morgan fingerprint density at radius 2 is 2.05 bits per heavy atom. The van der Waals surface area contributed by atoms with Crippen LogP contribution in [0.1, 0.15) is 20.8 Å². The number of benzene rings is 1. The largest absolute Gasteiger partial charge is 0.512 e. The molecule has 0 aliphatic heterocycles. The van der Waals surface area contributed by atoms with Crippen LogP contribution >= 0.6 is 0 Å². The molecule has 0 aliphatic carbocycles. The zero-order valence-corrected chi connectivity index (χ0v) is 11.2. The van der Waals surface area contributed by atoms with Gasteiger partial charge in [0, 0.05) is 6.07 Å². The molecule has 1 aromatic carbocycles. The van der Waals surface area contributed by atoms with E-state index in [1.165, 1.54) is 19.1 Å². The van der Waals surface area contributed by atoms with E-state index in [4.69, 9.17) is 4.74 Å². The van der Waals surface area contributed by atoms with Crippen LogP contribution in [0.3, 0.4) is 0 Å². The molecule has 102 valence electrons. The summed E-state index contributed by atoms with van der Waals surface area (Å²) in [5, 5.41) is 18.9. The number of aliphatic imine (C=N–C) groups is 1. The predicted molar refractivity (Wildman–Crippen MR) is 72.8 cm³/mol. The number of allylic oxidation sites excluding steroid dienone is 1. The van der Waals surface area contributed by atoms with Crippen molar-refractivity contribution in [3.8, 4) is 5.75 Å². The molecular formula is C14H17NO4. The Morgan fingerprint density at radius 1 is 1.37 bits per heavy atom. The number of hydrogen-bond donors (Lipinski definition) is 2. The van der Waals surface area contributed by atoms with Crippen molar-refractivity contribution in [3.05, 3.63) is 35.6 Å². The van der Waals surface area contributed by atoms with Gasteiger partial charge in [-0.15, -0.1) is 0 Å². The topological polar surface area (TPSA) is 79.1 Å². The standard InChI is InChI=1S/C14H17NO4/c1-4-19-14(18)13(10(3)16)9(2)15-11-6-5-7-12(17)8-11/h5-8,16-17H,4H2,1-3H3/b13-10+,15-9?. The van der Waals surface area contributed by atoms with Gasteiger partial charge in [0.05, 0.1) is 18.0 Å². The highest BCUT2D eigenvalue weighted by Crippen LogP contribution is 2.20. The Kier molecular flexibility index (Phi) is 5.11. The number of phenolic OH excluding ortho intramolecular Hbond substituents is 1. The van der Waals surface area contributed by atoms with Gasteiger partial charge in [0.15, 0.2) is 0 Å². The molecule has 2 N–H and O–H groups in total. The average Bonchev–Trinajstić information content (AvgIpc) is 2.28. The number of rotatable bonds is 4. The van der Waals surface area contributed by atoms with Crippen molar-refractivity contribution >= 4 is 17.4 Å². The molecule has 0 fully saturated rings. The van der Waals surface area contributed by atoms with Gasteiger partial charge in [-0.05, 0) is 32.9 Å². The summed E-state index contributed by atoms with van der Waals surface area (Å²) in [6, 6.07) is 6.30. The van der Waals surface area contributed by atoms with Crippen LogP contribution in [0.5, 0.6) is 5.75 Å². The number of phenols is 1. The highest BCUT2D eigenvalue weighted by atomic mass is 16.5. The summed E-state index contributed by atoms with van der Waals surface area (Å²) >= 11 is 0. The van der Waals surface area contributed by atoms with Crippen LogP contribution in [0, 0.1) is 0 Å². The minimum absolute atomic E-state index is 0.0326. The molecule has 1 aromatic rings. The van der Waals surface area contributed by atoms with Gasteiger partial charge in [-0.1, -0.05) is 6.07 Å². The molecule has 0 atom stereocenters. The monoisotopic (exact) mass is 263 g/mol. The lowest BCUT2D eigenvalue weighted by molar-refractivity contribution is -0.138. The van der Waals surface area contributed by atoms with E-state index >= 15 is 0 Å². The van der Waals surface area contributed by atoms with Crippen LogP contribution in [0.2, 0.25) is 0 Å². The molecule has 0 saturated carbocycles. The summed E-state index contributed by atoms with van der Waals surface area (Å²) in [5.74, 6) is -0.694. The lowest BCUT2D eigenvalue weighted by Gasteiger charge is -2.08. The molecule has 5 heteroatoms. The van der Waals surface area contributed by atoms with E-state index in [-0.39, 0.29) is 23.7 Å². The van der Waals surface area contributed by atoms with Crippen molar-refractivity contribution < 1.29 is 19.7 Å². The third-order valence-electron chi connectivity index (χ3n) is 2.33. The molecule has 0 unspecified atom stereocenters. The van der Waals surface area contributed by atoms with Crippen LogP contribution in [0.25, 0.3) is 0 Å². The van der Waals surface area contributed by atoms with Gasteiger partial charge >= 0.3 is 5.97 Å². The Balaban J connectivity index is 3.11. The highest BCUT2D eigenvalue weighted by molar-refractivity contribution is 6.19. The molecular weight excluding hydrogens is 246 g/mol. The molecule has 0 amide bonds. The Morgan fingerprint density at radius 3 is 2.58 bits per heavy atom. The summed E-state index contributed by atoms with van der Waals surface area (Å²) in [6.07, 6.45) is 0. The average molecular weight is 263 g/mol. The molecule has 5 nitrogen and oxygen atoms in total. The molecule has 0 aromatic heterocycles. The van der Waals surface area contributed by atoms with Crippen molar-refractivity contribution in [2.45, 2.75) is 20.8 Å². The molecule has 0 saturated heterocycles. The molecule has 0 spiro atoms. The SMILES string of the molecule is CCOC(=O)/C(C(C)=Nc1cccc(O)c1)=C(\C)O. The van der Waals surface area contributed by atoms with E-state index in [2.05, 4.69) is 4.99 Å². The van der Waals surface area contributed by atoms with E-state index in [1.807, 2.05) is 0 Å². The zero-order chi connectivity index (χ0) is 14.4. The molecule has 0 radical (unpaired) electrons. The number of carbonyl (C=O) groups is 1. The first-order valence-corrected chi connectivity index (χ1v) is 5.87. The van der Waals surface area contributed by atoms with Crippen LogP contribution in [-0.4, -0.2) is 28.5 Å². The highest BCUT2D eigenvalue weighted by Gasteiger charge is 2.17. The lowest BCUT2D eigenvalue weighted by atomic mass is 10.1. The van der Waals surface area contributed by atoms with Crippen LogP contribution in [0.15, 0.2) is 40.6 Å². The number of aliphatic hydroxyl groups is 1. The van der Waals surface area contributed by atoms with Crippen molar-refractivity contribution in [1.82, 2.24) is 0 Å². The number of nitrogens with zero attached hydrogens (tertiary/aromatic N) is 1. The second-order valence-electron chi connectivity index (χ2n) is 3.90. The fraction of sp³-hybridized carbons (Fsp3) is 0.286. The zero-order valence-electron chi connectivity index (χ0n) is 11.2. The summed E-state index contributed by atoms with van der Waals surface area (Å²) in [6.45, 7) is 4.89. The Labute approximate surface area is 111 Å². The van der Waals surface area contributed by atoms with Crippen LogP contribution in [-0.2, 0) is 9.53 Å². The first-order valence-electron chi connectivity index (χ1n) is 5.87. The van der Waals surface area contributed by atoms with Gasteiger partial charge in [0.1, 0.15) is 17.1 Å². The number of ether oxygens (including phenoxy) is 1. The molecule has 0 bridgehead atoms. The summed E-state index contributed by atoms with van der Waals surface area (Å²) in [5.41, 5.74) is 0.842. The third kappa shape index (κ3) is 4.13. The molecule has 19 heavy (non-hydrogen) atoms. The van der Waals surface area contributed by atoms with Gasteiger partial charge in [0.25, 0.3) is 0 Å². The third-order valence-corrected chi connectivity index (χ3v) is 2.33. The molecule has 1 rings (SSSR count). The van der Waals surface area contributed by atoms with E-state index < -0.39 is 5.97 Å². The summed E-state index contributed by atoms with van der Waals surface area (Å²) in [4.78, 5) is 15.9. The minimum atomic E-state index is -0.621. The van der Waals surface area contributed by atoms with Gasteiger partial charge in [-0.25, -0.2) is 4.79 Å². The van der Waals surface area contributed by atoms with E-state index in [1.54, 1.807) is 26.0 Å². The minimum Gasteiger partial charge on any atom is -0.512 e. The van der Waals surface area contributed by atoms with E-state index in [0.717, 1.165) is 0 Å². The van der Waals surface area contributed by atoms with Crippen LogP contribution in [0.4, 0.5) is 5.69 Å². The molecule has 0 aliphatic rings. The smallest absolute Gasteiger partial charge is 0.343 e. The maximum Gasteiger partial charge on any atom is 0.343 e. The first-order chi connectivity index (χ1) is 8.95. The van der Waals surface area contributed by atoms with Crippen molar-refractivity contribution in [1.29, 1.82) is 0 Å². The summed E-state index contributed by atoms with van der Waals surface area (Å²) < 4.78 is 4.86. The van der Waals surface area contributed by atoms with Gasteiger partial charge in [-0.3, -0.25) is 4.99 Å². The fourth-order valence-electron chi connectivity index (χ4n) is 1.57. The van der Waals surface area contributed by atoms with Gasteiger partial charge in [0.2, 0.25) is 0 Å². The fourth-order valence-corrected chi connectivity index (χ4v) is 1.57. The second kappa shape index (κ2) is 6.58. The van der Waals surface area contributed by atoms with Crippen LogP contribution < -0.4 is 0 Å². The number of esters is 1. The second-order valence-corrected chi connectivity index (χ2v) is 3.90. The van der Waals surface area contributed by atoms with Crippen molar-refractivity contribution in [3.63, 3.8) is 0 Å². The van der Waals surface area contributed by atoms with Crippen molar-refractivity contribution in [2.75, 3.05) is 6.61 Å². The predicted octanol–water partition coefficient (Wildman–Crippen LogP) is 2.88. The quantitative estimate of drug-likeness (QED) is 0.379. The Hall–Kier alpha value is -2.30. The number of carbonyl (C=O) groups excluding carboxylic acids is 1. The summed E-state index contributed by atoms with van der Waals surface area (Å²) in [7, 11) is 0. The van der Waals surface area contributed by atoms with Crippen molar-refractivity contribution in [2.24, 2.45) is 4.99 Å². The van der Waals surface area contributed by atoms with E-state index in [0.29, 0.717) is 11.4 Å². The normalized spacial score (nSPS) is 12.9.